The second-order valence-corrected chi connectivity index (χ2v) is 4.16. The molecule has 0 saturated carbocycles. The van der Waals surface area contributed by atoms with Crippen LogP contribution in [0.15, 0.2) is 25.3 Å². The topological polar surface area (TPSA) is 49.6 Å². The molecule has 4 nitrogen and oxygen atoms in total. The number of hydrogen-bond donors (Lipinski definition) is 1. The molecule has 1 aliphatic heterocycles. The van der Waals surface area contributed by atoms with Crippen molar-refractivity contribution in [1.82, 2.24) is 9.80 Å². The molecular formula is C12H21N3O. The first-order chi connectivity index (χ1) is 7.67. The van der Waals surface area contributed by atoms with Gasteiger partial charge in [-0.25, -0.2) is 0 Å². The van der Waals surface area contributed by atoms with E-state index in [4.69, 9.17) is 5.73 Å². The monoisotopic (exact) mass is 223 g/mol. The molecule has 0 aromatic heterocycles. The highest BCUT2D eigenvalue weighted by Gasteiger charge is 2.22. The van der Waals surface area contributed by atoms with Crippen LogP contribution in [0.2, 0.25) is 0 Å². The molecule has 2 N–H and O–H groups in total. The van der Waals surface area contributed by atoms with Crippen molar-refractivity contribution in [3.05, 3.63) is 25.3 Å². The first-order valence-corrected chi connectivity index (χ1v) is 5.65. The standard InChI is InChI=1S/C12H21N3O/c1-3-6-15(7-4-2)12(16)10-14-8-5-11(13)9-14/h3-4,11H,1-2,5-10,13H2/t11-/m0/s1. The third-order valence-corrected chi connectivity index (χ3v) is 2.72. The van der Waals surface area contributed by atoms with E-state index >= 15 is 0 Å². The Kier molecular flexibility index (Phi) is 5.22. The molecule has 4 heteroatoms. The highest BCUT2D eigenvalue weighted by molar-refractivity contribution is 5.78. The number of amides is 1. The Bertz CT molecular complexity index is 255. The molecule has 1 saturated heterocycles. The van der Waals surface area contributed by atoms with Crippen LogP contribution in [0.1, 0.15) is 6.42 Å². The fourth-order valence-electron chi connectivity index (χ4n) is 1.89. The number of hydrogen-bond acceptors (Lipinski definition) is 3. The molecule has 0 aromatic rings. The summed E-state index contributed by atoms with van der Waals surface area (Å²) >= 11 is 0. The lowest BCUT2D eigenvalue weighted by molar-refractivity contribution is -0.131. The van der Waals surface area contributed by atoms with Gasteiger partial charge in [0.05, 0.1) is 6.54 Å². The minimum absolute atomic E-state index is 0.119. The van der Waals surface area contributed by atoms with Gasteiger partial charge in [-0.05, 0) is 6.42 Å². The zero-order valence-electron chi connectivity index (χ0n) is 9.77. The molecule has 1 heterocycles. The summed E-state index contributed by atoms with van der Waals surface area (Å²) in [4.78, 5) is 15.8. The molecule has 1 fully saturated rings. The van der Waals surface area contributed by atoms with Crippen molar-refractivity contribution in [3.8, 4) is 0 Å². The molecule has 1 amide bonds. The number of nitrogens with two attached hydrogens (primary N) is 1. The SMILES string of the molecule is C=CCN(CC=C)C(=O)CN1CC[C@H](N)C1. The van der Waals surface area contributed by atoms with Crippen molar-refractivity contribution in [2.75, 3.05) is 32.7 Å². The van der Waals surface area contributed by atoms with E-state index in [0.29, 0.717) is 19.6 Å². The Morgan fingerprint density at radius 1 is 1.44 bits per heavy atom. The van der Waals surface area contributed by atoms with Gasteiger partial charge in [-0.3, -0.25) is 9.69 Å². The largest absolute Gasteiger partial charge is 0.334 e. The maximum Gasteiger partial charge on any atom is 0.237 e. The second-order valence-electron chi connectivity index (χ2n) is 4.16. The van der Waals surface area contributed by atoms with Gasteiger partial charge in [-0.15, -0.1) is 13.2 Å². The predicted molar refractivity (Wildman–Crippen MR) is 66.0 cm³/mol. The summed E-state index contributed by atoms with van der Waals surface area (Å²) in [5.74, 6) is 0.119. The summed E-state index contributed by atoms with van der Waals surface area (Å²) in [6.07, 6.45) is 4.45. The molecule has 1 rings (SSSR count). The van der Waals surface area contributed by atoms with Crippen molar-refractivity contribution in [3.63, 3.8) is 0 Å². The first-order valence-electron chi connectivity index (χ1n) is 5.65. The van der Waals surface area contributed by atoms with Crippen molar-refractivity contribution >= 4 is 5.91 Å². The normalized spacial score (nSPS) is 20.7. The van der Waals surface area contributed by atoms with Gasteiger partial charge in [0.2, 0.25) is 5.91 Å². The number of likely N-dealkylation sites (tertiary alicyclic amines) is 1. The Morgan fingerprint density at radius 2 is 2.06 bits per heavy atom. The number of rotatable bonds is 6. The molecule has 0 bridgehead atoms. The highest BCUT2D eigenvalue weighted by Crippen LogP contribution is 2.07. The van der Waals surface area contributed by atoms with Gasteiger partial charge in [0, 0.05) is 32.2 Å². The third-order valence-electron chi connectivity index (χ3n) is 2.72. The fraction of sp³-hybridized carbons (Fsp3) is 0.583. The Morgan fingerprint density at radius 3 is 2.50 bits per heavy atom. The van der Waals surface area contributed by atoms with E-state index < -0.39 is 0 Å². The number of nitrogens with zero attached hydrogens (tertiary/aromatic N) is 2. The third kappa shape index (κ3) is 3.79. The number of carbonyl (C=O) groups is 1. The lowest BCUT2D eigenvalue weighted by atomic mass is 10.3. The van der Waals surface area contributed by atoms with Crippen LogP contribution in [0.5, 0.6) is 0 Å². The summed E-state index contributed by atoms with van der Waals surface area (Å²) in [5, 5.41) is 0. The van der Waals surface area contributed by atoms with Crippen LogP contribution >= 0.6 is 0 Å². The van der Waals surface area contributed by atoms with Gasteiger partial charge < -0.3 is 10.6 Å². The Hall–Kier alpha value is -1.13. The van der Waals surface area contributed by atoms with Crippen molar-refractivity contribution in [2.24, 2.45) is 5.73 Å². The lowest BCUT2D eigenvalue weighted by Crippen LogP contribution is -2.40. The minimum atomic E-state index is 0.119. The molecule has 90 valence electrons. The van der Waals surface area contributed by atoms with Crippen LogP contribution < -0.4 is 5.73 Å². The Balaban J connectivity index is 2.41. The van der Waals surface area contributed by atoms with Gasteiger partial charge >= 0.3 is 0 Å². The van der Waals surface area contributed by atoms with E-state index in [1.54, 1.807) is 17.1 Å². The van der Waals surface area contributed by atoms with Gasteiger partial charge in [0.15, 0.2) is 0 Å². The lowest BCUT2D eigenvalue weighted by Gasteiger charge is -2.23. The zero-order valence-corrected chi connectivity index (χ0v) is 9.77. The molecule has 0 aliphatic carbocycles. The molecule has 1 aliphatic rings. The van der Waals surface area contributed by atoms with Gasteiger partial charge in [0.1, 0.15) is 0 Å². The quantitative estimate of drug-likeness (QED) is 0.655. The van der Waals surface area contributed by atoms with Crippen molar-refractivity contribution in [2.45, 2.75) is 12.5 Å². The summed E-state index contributed by atoms with van der Waals surface area (Å²) < 4.78 is 0. The molecular weight excluding hydrogens is 202 g/mol. The van der Waals surface area contributed by atoms with Gasteiger partial charge in [0.25, 0.3) is 0 Å². The Labute approximate surface area is 97.4 Å². The second kappa shape index (κ2) is 6.45. The average Bonchev–Trinajstić information content (AvgIpc) is 2.63. The molecule has 0 spiro atoms. The molecule has 0 unspecified atom stereocenters. The first kappa shape index (κ1) is 12.9. The fourth-order valence-corrected chi connectivity index (χ4v) is 1.89. The summed E-state index contributed by atoms with van der Waals surface area (Å²) in [6, 6.07) is 0.222. The minimum Gasteiger partial charge on any atom is -0.334 e. The van der Waals surface area contributed by atoms with E-state index in [9.17, 15) is 4.79 Å². The predicted octanol–water partition coefficient (Wildman–Crippen LogP) is 0.220. The smallest absolute Gasteiger partial charge is 0.237 e. The van der Waals surface area contributed by atoms with E-state index in [1.807, 2.05) is 0 Å². The average molecular weight is 223 g/mol. The summed E-state index contributed by atoms with van der Waals surface area (Å²) in [6.45, 7) is 10.6. The molecule has 16 heavy (non-hydrogen) atoms. The van der Waals surface area contributed by atoms with E-state index in [-0.39, 0.29) is 11.9 Å². The van der Waals surface area contributed by atoms with E-state index in [0.717, 1.165) is 19.5 Å². The van der Waals surface area contributed by atoms with Crippen LogP contribution in [0.25, 0.3) is 0 Å². The van der Waals surface area contributed by atoms with E-state index in [1.165, 1.54) is 0 Å². The van der Waals surface area contributed by atoms with Crippen LogP contribution in [0, 0.1) is 0 Å². The number of carbonyl (C=O) groups excluding carboxylic acids is 1. The van der Waals surface area contributed by atoms with Crippen molar-refractivity contribution in [1.29, 1.82) is 0 Å². The van der Waals surface area contributed by atoms with Crippen molar-refractivity contribution < 1.29 is 4.79 Å². The molecule has 0 aromatic carbocycles. The van der Waals surface area contributed by atoms with Gasteiger partial charge in [-0.2, -0.15) is 0 Å². The highest BCUT2D eigenvalue weighted by atomic mass is 16.2. The molecule has 0 radical (unpaired) electrons. The van der Waals surface area contributed by atoms with Crippen LogP contribution in [-0.2, 0) is 4.79 Å². The van der Waals surface area contributed by atoms with Gasteiger partial charge in [-0.1, -0.05) is 12.2 Å². The van der Waals surface area contributed by atoms with Crippen LogP contribution in [0.4, 0.5) is 0 Å². The van der Waals surface area contributed by atoms with E-state index in [2.05, 4.69) is 18.1 Å². The molecule has 1 atom stereocenters. The summed E-state index contributed by atoms with van der Waals surface area (Å²) in [5.41, 5.74) is 5.80. The maximum absolute atomic E-state index is 11.9. The zero-order chi connectivity index (χ0) is 12.0. The maximum atomic E-state index is 11.9. The van der Waals surface area contributed by atoms with Crippen LogP contribution in [-0.4, -0.2) is 54.5 Å². The van der Waals surface area contributed by atoms with Crippen LogP contribution in [0.3, 0.4) is 0 Å². The summed E-state index contributed by atoms with van der Waals surface area (Å²) in [7, 11) is 0.